The van der Waals surface area contributed by atoms with Gasteiger partial charge in [0.1, 0.15) is 0 Å². The highest BCUT2D eigenvalue weighted by Gasteiger charge is 2.13. The summed E-state index contributed by atoms with van der Waals surface area (Å²) in [4.78, 5) is 4.44. The van der Waals surface area contributed by atoms with Gasteiger partial charge in [-0.15, -0.1) is 6.58 Å². The van der Waals surface area contributed by atoms with Crippen LogP contribution >= 0.6 is 0 Å². The summed E-state index contributed by atoms with van der Waals surface area (Å²) < 4.78 is 0. The maximum atomic E-state index is 4.44. The number of aryl methyl sites for hydroxylation is 1. The minimum Gasteiger partial charge on any atom is -0.257 e. The third-order valence-electron chi connectivity index (χ3n) is 2.91. The number of pyridine rings is 1. The van der Waals surface area contributed by atoms with Gasteiger partial charge < -0.3 is 0 Å². The van der Waals surface area contributed by atoms with Crippen LogP contribution in [0.25, 0.3) is 5.57 Å². The van der Waals surface area contributed by atoms with Gasteiger partial charge in [-0.25, -0.2) is 0 Å². The first-order chi connectivity index (χ1) is 7.98. The topological polar surface area (TPSA) is 12.9 Å². The largest absolute Gasteiger partial charge is 0.257 e. The van der Waals surface area contributed by atoms with Gasteiger partial charge in [-0.3, -0.25) is 4.98 Å². The molecule has 0 radical (unpaired) electrons. The van der Waals surface area contributed by atoms with Gasteiger partial charge in [-0.05, 0) is 48.4 Å². The molecule has 1 aromatic rings. The average molecular weight is 229 g/mol. The summed E-state index contributed by atoms with van der Waals surface area (Å²) in [6.45, 7) is 12.6. The third-order valence-corrected chi connectivity index (χ3v) is 2.91. The van der Waals surface area contributed by atoms with Crippen molar-refractivity contribution in [2.45, 2.75) is 40.5 Å². The SMILES string of the molecule is C=CCC(C)(C)/C=C(\C)c1cc(CC)ccn1. The zero-order valence-electron chi connectivity index (χ0n) is 11.5. The molecule has 0 amide bonds. The Bertz CT molecular complexity index is 413. The Hall–Kier alpha value is -1.37. The lowest BCUT2D eigenvalue weighted by atomic mass is 9.86. The Morgan fingerprint density at radius 1 is 1.47 bits per heavy atom. The summed E-state index contributed by atoms with van der Waals surface area (Å²) in [5, 5.41) is 0. The van der Waals surface area contributed by atoms with E-state index in [1.54, 1.807) is 0 Å². The van der Waals surface area contributed by atoms with E-state index in [1.165, 1.54) is 11.1 Å². The Morgan fingerprint density at radius 2 is 2.18 bits per heavy atom. The van der Waals surface area contributed by atoms with Crippen LogP contribution in [-0.2, 0) is 6.42 Å². The van der Waals surface area contributed by atoms with Crippen molar-refractivity contribution in [2.75, 3.05) is 0 Å². The molecule has 1 heteroatoms. The molecule has 1 rings (SSSR count). The average Bonchev–Trinajstić information content (AvgIpc) is 2.28. The molecule has 0 bridgehead atoms. The Morgan fingerprint density at radius 3 is 2.76 bits per heavy atom. The Balaban J connectivity index is 2.98. The minimum absolute atomic E-state index is 0.149. The molecule has 0 aliphatic rings. The van der Waals surface area contributed by atoms with E-state index >= 15 is 0 Å². The second-order valence-electron chi connectivity index (χ2n) is 5.21. The monoisotopic (exact) mass is 229 g/mol. The number of hydrogen-bond acceptors (Lipinski definition) is 1. The fourth-order valence-electron chi connectivity index (χ4n) is 2.00. The first-order valence-corrected chi connectivity index (χ1v) is 6.24. The highest BCUT2D eigenvalue weighted by atomic mass is 14.7. The zero-order valence-corrected chi connectivity index (χ0v) is 11.5. The lowest BCUT2D eigenvalue weighted by Gasteiger charge is -2.19. The summed E-state index contributed by atoms with van der Waals surface area (Å²) in [6, 6.07) is 4.25. The second-order valence-corrected chi connectivity index (χ2v) is 5.21. The van der Waals surface area contributed by atoms with Gasteiger partial charge in [0.05, 0.1) is 5.69 Å². The Labute approximate surface area is 105 Å². The van der Waals surface area contributed by atoms with Gasteiger partial charge in [-0.2, -0.15) is 0 Å². The molecule has 0 N–H and O–H groups in total. The summed E-state index contributed by atoms with van der Waals surface area (Å²) >= 11 is 0. The predicted molar refractivity (Wildman–Crippen MR) is 75.9 cm³/mol. The molecule has 1 heterocycles. The van der Waals surface area contributed by atoms with Crippen LogP contribution in [0, 0.1) is 5.41 Å². The molecular weight excluding hydrogens is 206 g/mol. The molecule has 0 atom stereocenters. The lowest BCUT2D eigenvalue weighted by Crippen LogP contribution is -2.06. The van der Waals surface area contributed by atoms with E-state index in [9.17, 15) is 0 Å². The van der Waals surface area contributed by atoms with Crippen LogP contribution in [0.4, 0.5) is 0 Å². The van der Waals surface area contributed by atoms with Gasteiger partial charge in [0, 0.05) is 6.20 Å². The maximum absolute atomic E-state index is 4.44. The standard InChI is InChI=1S/C16H23N/c1-6-9-16(4,5)12-13(3)15-11-14(7-2)8-10-17-15/h6,8,10-12H,1,7,9H2,2-5H3/b13-12+. The number of allylic oxidation sites excluding steroid dienone is 3. The van der Waals surface area contributed by atoms with E-state index in [4.69, 9.17) is 0 Å². The van der Waals surface area contributed by atoms with Crippen molar-refractivity contribution in [2.24, 2.45) is 5.41 Å². The number of aromatic nitrogens is 1. The molecule has 17 heavy (non-hydrogen) atoms. The van der Waals surface area contributed by atoms with Crippen LogP contribution in [0.3, 0.4) is 0 Å². The third kappa shape index (κ3) is 4.18. The van der Waals surface area contributed by atoms with E-state index in [-0.39, 0.29) is 5.41 Å². The molecule has 1 aromatic heterocycles. The molecule has 0 aromatic carbocycles. The molecule has 0 spiro atoms. The number of rotatable bonds is 5. The molecule has 0 saturated carbocycles. The van der Waals surface area contributed by atoms with Crippen molar-refractivity contribution in [3.05, 3.63) is 48.3 Å². The van der Waals surface area contributed by atoms with E-state index in [1.807, 2.05) is 12.3 Å². The summed E-state index contributed by atoms with van der Waals surface area (Å²) in [5.74, 6) is 0. The van der Waals surface area contributed by atoms with Crippen molar-refractivity contribution >= 4 is 5.57 Å². The Kier molecular flexibility index (Phi) is 4.68. The van der Waals surface area contributed by atoms with Gasteiger partial charge in [-0.1, -0.05) is 32.9 Å². The summed E-state index contributed by atoms with van der Waals surface area (Å²) in [6.07, 6.45) is 8.19. The van der Waals surface area contributed by atoms with Crippen LogP contribution in [0.15, 0.2) is 37.1 Å². The van der Waals surface area contributed by atoms with Crippen LogP contribution in [-0.4, -0.2) is 4.98 Å². The summed E-state index contributed by atoms with van der Waals surface area (Å²) in [7, 11) is 0. The molecule has 0 unspecified atom stereocenters. The van der Waals surface area contributed by atoms with Crippen molar-refractivity contribution in [1.82, 2.24) is 4.98 Å². The first kappa shape index (κ1) is 13.7. The molecule has 0 fully saturated rings. The predicted octanol–water partition coefficient (Wildman–Crippen LogP) is 4.65. The molecule has 1 nitrogen and oxygen atoms in total. The highest BCUT2D eigenvalue weighted by Crippen LogP contribution is 2.27. The van der Waals surface area contributed by atoms with E-state index < -0.39 is 0 Å². The normalized spacial score (nSPS) is 12.6. The van der Waals surface area contributed by atoms with E-state index in [0.29, 0.717) is 0 Å². The van der Waals surface area contributed by atoms with Crippen LogP contribution in [0.5, 0.6) is 0 Å². The molecular formula is C16H23N. The molecule has 0 aliphatic heterocycles. The van der Waals surface area contributed by atoms with Crippen molar-refractivity contribution < 1.29 is 0 Å². The molecule has 0 saturated heterocycles. The van der Waals surface area contributed by atoms with Crippen LogP contribution in [0.1, 0.15) is 45.4 Å². The number of hydrogen-bond donors (Lipinski definition) is 0. The van der Waals surface area contributed by atoms with Gasteiger partial charge >= 0.3 is 0 Å². The van der Waals surface area contributed by atoms with E-state index in [2.05, 4.69) is 57.5 Å². The quantitative estimate of drug-likeness (QED) is 0.670. The van der Waals surface area contributed by atoms with Crippen molar-refractivity contribution in [1.29, 1.82) is 0 Å². The number of nitrogens with zero attached hydrogens (tertiary/aromatic N) is 1. The first-order valence-electron chi connectivity index (χ1n) is 6.24. The minimum atomic E-state index is 0.149. The van der Waals surface area contributed by atoms with Gasteiger partial charge in [0.2, 0.25) is 0 Å². The maximum Gasteiger partial charge on any atom is 0.0658 e. The van der Waals surface area contributed by atoms with Crippen LogP contribution in [0.2, 0.25) is 0 Å². The van der Waals surface area contributed by atoms with Gasteiger partial charge in [0.15, 0.2) is 0 Å². The fraction of sp³-hybridized carbons (Fsp3) is 0.438. The summed E-state index contributed by atoms with van der Waals surface area (Å²) in [5.41, 5.74) is 3.81. The second kappa shape index (κ2) is 5.81. The van der Waals surface area contributed by atoms with E-state index in [0.717, 1.165) is 18.5 Å². The van der Waals surface area contributed by atoms with Crippen molar-refractivity contribution in [3.8, 4) is 0 Å². The smallest absolute Gasteiger partial charge is 0.0658 e. The zero-order chi connectivity index (χ0) is 12.9. The van der Waals surface area contributed by atoms with Crippen LogP contribution < -0.4 is 0 Å². The molecule has 92 valence electrons. The fourth-order valence-corrected chi connectivity index (χ4v) is 2.00. The van der Waals surface area contributed by atoms with Crippen molar-refractivity contribution in [3.63, 3.8) is 0 Å². The van der Waals surface area contributed by atoms with Gasteiger partial charge in [0.25, 0.3) is 0 Å². The molecule has 0 aliphatic carbocycles. The highest BCUT2D eigenvalue weighted by molar-refractivity contribution is 5.61. The lowest BCUT2D eigenvalue weighted by molar-refractivity contribution is 0.490.